The Kier molecular flexibility index (Phi) is 6.75. The zero-order chi connectivity index (χ0) is 15.2. The Hall–Kier alpha value is -0.820. The maximum atomic E-state index is 3.68. The molecule has 1 heteroatoms. The second kappa shape index (κ2) is 7.83. The normalized spacial score (nSPS) is 13.8. The SMILES string of the molecule is Cc1cccc(CC(CCC(C)C)CNC(C)(C)C)c1. The predicted octanol–water partition coefficient (Wildman–Crippen LogP) is 4.98. The summed E-state index contributed by atoms with van der Waals surface area (Å²) < 4.78 is 0. The van der Waals surface area contributed by atoms with Crippen LogP contribution in [0.5, 0.6) is 0 Å². The van der Waals surface area contributed by atoms with Crippen molar-refractivity contribution in [1.29, 1.82) is 0 Å². The van der Waals surface area contributed by atoms with Gasteiger partial charge >= 0.3 is 0 Å². The molecular weight excluding hydrogens is 242 g/mol. The molecule has 1 atom stereocenters. The van der Waals surface area contributed by atoms with Gasteiger partial charge < -0.3 is 5.32 Å². The standard InChI is InChI=1S/C19H33N/c1-15(2)10-11-18(14-20-19(4,5)6)13-17-9-7-8-16(3)12-17/h7-9,12,15,18,20H,10-11,13-14H2,1-6H3. The smallest absolute Gasteiger partial charge is 0.00966 e. The van der Waals surface area contributed by atoms with E-state index in [1.165, 1.54) is 30.4 Å². The quantitative estimate of drug-likeness (QED) is 0.740. The fourth-order valence-corrected chi connectivity index (χ4v) is 2.47. The minimum Gasteiger partial charge on any atom is -0.312 e. The summed E-state index contributed by atoms with van der Waals surface area (Å²) >= 11 is 0. The maximum absolute atomic E-state index is 3.68. The molecule has 0 radical (unpaired) electrons. The van der Waals surface area contributed by atoms with Gasteiger partial charge in [0.05, 0.1) is 0 Å². The van der Waals surface area contributed by atoms with Crippen molar-refractivity contribution in [2.45, 2.75) is 66.3 Å². The van der Waals surface area contributed by atoms with Gasteiger partial charge in [-0.25, -0.2) is 0 Å². The molecule has 1 unspecified atom stereocenters. The van der Waals surface area contributed by atoms with Crippen molar-refractivity contribution in [1.82, 2.24) is 5.32 Å². The van der Waals surface area contributed by atoms with Gasteiger partial charge in [0.1, 0.15) is 0 Å². The Morgan fingerprint density at radius 2 is 1.80 bits per heavy atom. The fraction of sp³-hybridized carbons (Fsp3) is 0.684. The molecule has 1 nitrogen and oxygen atoms in total. The van der Waals surface area contributed by atoms with E-state index in [9.17, 15) is 0 Å². The number of hydrogen-bond acceptors (Lipinski definition) is 1. The molecule has 114 valence electrons. The van der Waals surface area contributed by atoms with Crippen LogP contribution in [0.2, 0.25) is 0 Å². The topological polar surface area (TPSA) is 12.0 Å². The van der Waals surface area contributed by atoms with Crippen molar-refractivity contribution < 1.29 is 0 Å². The van der Waals surface area contributed by atoms with Crippen molar-refractivity contribution >= 4 is 0 Å². The number of aryl methyl sites for hydroxylation is 1. The first-order valence-electron chi connectivity index (χ1n) is 8.07. The van der Waals surface area contributed by atoms with Crippen LogP contribution in [-0.2, 0) is 6.42 Å². The first kappa shape index (κ1) is 17.2. The molecule has 0 heterocycles. The minimum absolute atomic E-state index is 0.211. The third-order valence-corrected chi connectivity index (χ3v) is 3.68. The monoisotopic (exact) mass is 275 g/mol. The zero-order valence-corrected chi connectivity index (χ0v) is 14.3. The lowest BCUT2D eigenvalue weighted by Gasteiger charge is -2.26. The molecule has 0 amide bonds. The van der Waals surface area contributed by atoms with Crippen LogP contribution in [0.15, 0.2) is 24.3 Å². The molecule has 1 N–H and O–H groups in total. The first-order chi connectivity index (χ1) is 9.26. The summed E-state index contributed by atoms with van der Waals surface area (Å²) in [6.07, 6.45) is 3.83. The summed E-state index contributed by atoms with van der Waals surface area (Å²) in [5.74, 6) is 1.53. The van der Waals surface area contributed by atoms with E-state index in [0.717, 1.165) is 18.4 Å². The molecule has 1 aromatic carbocycles. The van der Waals surface area contributed by atoms with Crippen LogP contribution in [0.4, 0.5) is 0 Å². The Morgan fingerprint density at radius 3 is 2.35 bits per heavy atom. The van der Waals surface area contributed by atoms with Crippen molar-refractivity contribution in [3.63, 3.8) is 0 Å². The van der Waals surface area contributed by atoms with E-state index in [0.29, 0.717) is 0 Å². The van der Waals surface area contributed by atoms with E-state index >= 15 is 0 Å². The molecule has 0 aliphatic carbocycles. The van der Waals surface area contributed by atoms with Crippen LogP contribution in [0, 0.1) is 18.8 Å². The molecule has 0 aliphatic rings. The lowest BCUT2D eigenvalue weighted by molar-refractivity contribution is 0.340. The Balaban J connectivity index is 2.61. The summed E-state index contributed by atoms with van der Waals surface area (Å²) in [5, 5.41) is 3.68. The molecule has 0 fully saturated rings. The molecule has 1 rings (SSSR count). The highest BCUT2D eigenvalue weighted by Gasteiger charge is 2.15. The summed E-state index contributed by atoms with van der Waals surface area (Å²) in [7, 11) is 0. The molecule has 0 aromatic heterocycles. The molecule has 0 saturated heterocycles. The molecule has 0 aliphatic heterocycles. The average molecular weight is 275 g/mol. The second-order valence-corrected chi connectivity index (χ2v) is 7.66. The number of hydrogen-bond donors (Lipinski definition) is 1. The molecule has 0 bridgehead atoms. The lowest BCUT2D eigenvalue weighted by atomic mass is 9.90. The van der Waals surface area contributed by atoms with E-state index in [2.05, 4.69) is 71.1 Å². The summed E-state index contributed by atoms with van der Waals surface area (Å²) in [6.45, 7) is 14.7. The van der Waals surface area contributed by atoms with Gasteiger partial charge in [0.2, 0.25) is 0 Å². The largest absolute Gasteiger partial charge is 0.312 e. The van der Waals surface area contributed by atoms with Crippen LogP contribution in [0.3, 0.4) is 0 Å². The van der Waals surface area contributed by atoms with Crippen LogP contribution in [-0.4, -0.2) is 12.1 Å². The zero-order valence-electron chi connectivity index (χ0n) is 14.3. The molecule has 20 heavy (non-hydrogen) atoms. The van der Waals surface area contributed by atoms with E-state index in [1.54, 1.807) is 0 Å². The van der Waals surface area contributed by atoms with Crippen molar-refractivity contribution in [3.8, 4) is 0 Å². The third-order valence-electron chi connectivity index (χ3n) is 3.68. The lowest BCUT2D eigenvalue weighted by Crippen LogP contribution is -2.39. The Bertz CT molecular complexity index is 387. The van der Waals surface area contributed by atoms with Gasteiger partial charge in [-0.1, -0.05) is 50.1 Å². The van der Waals surface area contributed by atoms with Crippen LogP contribution >= 0.6 is 0 Å². The van der Waals surface area contributed by atoms with Crippen LogP contribution in [0.1, 0.15) is 58.6 Å². The minimum atomic E-state index is 0.211. The van der Waals surface area contributed by atoms with Gasteiger partial charge in [0.15, 0.2) is 0 Å². The van der Waals surface area contributed by atoms with Gasteiger partial charge in [-0.15, -0.1) is 0 Å². The molecule has 0 spiro atoms. The van der Waals surface area contributed by atoms with Crippen molar-refractivity contribution in [2.24, 2.45) is 11.8 Å². The summed E-state index contributed by atoms with van der Waals surface area (Å²) in [6, 6.07) is 8.97. The van der Waals surface area contributed by atoms with Gasteiger partial charge in [-0.3, -0.25) is 0 Å². The highest BCUT2D eigenvalue weighted by Crippen LogP contribution is 2.18. The Morgan fingerprint density at radius 1 is 1.10 bits per heavy atom. The van der Waals surface area contributed by atoms with Gasteiger partial charge in [0.25, 0.3) is 0 Å². The summed E-state index contributed by atoms with van der Waals surface area (Å²) in [5.41, 5.74) is 3.06. The highest BCUT2D eigenvalue weighted by molar-refractivity contribution is 5.22. The van der Waals surface area contributed by atoms with E-state index in [1.807, 2.05) is 0 Å². The number of benzene rings is 1. The molecule has 1 aromatic rings. The van der Waals surface area contributed by atoms with Crippen LogP contribution < -0.4 is 5.32 Å². The Labute approximate surface area is 126 Å². The number of nitrogens with one attached hydrogen (secondary N) is 1. The van der Waals surface area contributed by atoms with Gasteiger partial charge in [0, 0.05) is 5.54 Å². The van der Waals surface area contributed by atoms with Crippen LogP contribution in [0.25, 0.3) is 0 Å². The predicted molar refractivity (Wildman–Crippen MR) is 90.2 cm³/mol. The van der Waals surface area contributed by atoms with Crippen molar-refractivity contribution in [2.75, 3.05) is 6.54 Å². The van der Waals surface area contributed by atoms with E-state index < -0.39 is 0 Å². The molecule has 0 saturated carbocycles. The second-order valence-electron chi connectivity index (χ2n) is 7.66. The van der Waals surface area contributed by atoms with Gasteiger partial charge in [-0.2, -0.15) is 0 Å². The fourth-order valence-electron chi connectivity index (χ4n) is 2.47. The first-order valence-corrected chi connectivity index (χ1v) is 8.07. The number of rotatable bonds is 7. The molecular formula is C19H33N. The average Bonchev–Trinajstić information content (AvgIpc) is 2.31. The van der Waals surface area contributed by atoms with Gasteiger partial charge in [-0.05, 0) is 64.5 Å². The van der Waals surface area contributed by atoms with Crippen molar-refractivity contribution in [3.05, 3.63) is 35.4 Å². The highest BCUT2D eigenvalue weighted by atomic mass is 14.9. The van der Waals surface area contributed by atoms with E-state index in [4.69, 9.17) is 0 Å². The maximum Gasteiger partial charge on any atom is 0.00966 e. The third kappa shape index (κ3) is 7.69. The summed E-state index contributed by atoms with van der Waals surface area (Å²) in [4.78, 5) is 0. The van der Waals surface area contributed by atoms with E-state index in [-0.39, 0.29) is 5.54 Å².